The van der Waals surface area contributed by atoms with Gasteiger partial charge in [-0.05, 0) is 31.1 Å². The topological polar surface area (TPSA) is 46.5 Å². The minimum absolute atomic E-state index is 0.0811. The van der Waals surface area contributed by atoms with Gasteiger partial charge in [0.1, 0.15) is 6.10 Å². The predicted molar refractivity (Wildman–Crippen MR) is 66.1 cm³/mol. The van der Waals surface area contributed by atoms with Crippen molar-refractivity contribution in [2.24, 2.45) is 23.7 Å². The Labute approximate surface area is 129 Å². The molecular formula is C14H18F6O3. The molecule has 0 saturated heterocycles. The van der Waals surface area contributed by atoms with E-state index in [1.807, 2.05) is 0 Å². The van der Waals surface area contributed by atoms with Crippen molar-refractivity contribution in [2.75, 3.05) is 0 Å². The normalized spacial score (nSPS) is 31.7. The molecule has 0 aliphatic heterocycles. The Hall–Kier alpha value is -0.990. The van der Waals surface area contributed by atoms with Crippen molar-refractivity contribution in [2.45, 2.75) is 57.2 Å². The van der Waals surface area contributed by atoms with Gasteiger partial charge in [0.25, 0.3) is 5.60 Å². The third-order valence-corrected chi connectivity index (χ3v) is 4.93. The predicted octanol–water partition coefficient (Wildman–Crippen LogP) is 3.46. The van der Waals surface area contributed by atoms with E-state index < -0.39 is 60.1 Å². The first-order valence-electron chi connectivity index (χ1n) is 7.35. The van der Waals surface area contributed by atoms with E-state index in [1.165, 1.54) is 0 Å². The number of alkyl halides is 6. The summed E-state index contributed by atoms with van der Waals surface area (Å²) in [5.74, 6) is -4.46. The second kappa shape index (κ2) is 5.53. The standard InChI is InChI=1S/C14H18F6O3/c1-6(2)11(21)23-10-5-7-3-8(10)4-9(7)12(22,13(15,16)17)14(18,19)20/h6-10,22H,3-5H2,1-2H3. The number of aliphatic hydroxyl groups is 1. The van der Waals surface area contributed by atoms with E-state index in [2.05, 4.69) is 0 Å². The molecule has 0 amide bonds. The fourth-order valence-electron chi connectivity index (χ4n) is 3.75. The summed E-state index contributed by atoms with van der Waals surface area (Å²) >= 11 is 0. The minimum atomic E-state index is -5.80. The molecule has 2 bridgehead atoms. The molecule has 2 aliphatic carbocycles. The van der Waals surface area contributed by atoms with Gasteiger partial charge in [-0.1, -0.05) is 13.8 Å². The van der Waals surface area contributed by atoms with Crippen LogP contribution < -0.4 is 0 Å². The molecule has 0 aromatic carbocycles. The second-order valence-electron chi connectivity index (χ2n) is 6.73. The smallest absolute Gasteiger partial charge is 0.426 e. The number of hydrogen-bond acceptors (Lipinski definition) is 3. The third-order valence-electron chi connectivity index (χ3n) is 4.93. The molecule has 0 spiro atoms. The van der Waals surface area contributed by atoms with E-state index in [0.29, 0.717) is 0 Å². The number of halogens is 6. The van der Waals surface area contributed by atoms with Gasteiger partial charge in [-0.3, -0.25) is 4.79 Å². The van der Waals surface area contributed by atoms with Gasteiger partial charge in [-0.25, -0.2) is 0 Å². The lowest BCUT2D eigenvalue weighted by Gasteiger charge is -2.41. The van der Waals surface area contributed by atoms with Crippen molar-refractivity contribution in [1.82, 2.24) is 0 Å². The molecule has 23 heavy (non-hydrogen) atoms. The number of ether oxygens (including phenoxy) is 1. The van der Waals surface area contributed by atoms with E-state index in [9.17, 15) is 36.2 Å². The Kier molecular flexibility index (Phi) is 4.41. The summed E-state index contributed by atoms with van der Waals surface area (Å²) in [7, 11) is 0. The van der Waals surface area contributed by atoms with Gasteiger partial charge >= 0.3 is 18.3 Å². The number of fused-ring (bicyclic) bond motifs is 2. The molecular weight excluding hydrogens is 330 g/mol. The van der Waals surface area contributed by atoms with Crippen LogP contribution in [0.4, 0.5) is 26.3 Å². The Morgan fingerprint density at radius 3 is 1.87 bits per heavy atom. The zero-order valence-corrected chi connectivity index (χ0v) is 12.5. The van der Waals surface area contributed by atoms with Crippen molar-refractivity contribution in [3.63, 3.8) is 0 Å². The van der Waals surface area contributed by atoms with Crippen LogP contribution in [0.3, 0.4) is 0 Å². The molecule has 4 atom stereocenters. The number of carbonyl (C=O) groups is 1. The highest BCUT2D eigenvalue weighted by Crippen LogP contribution is 2.60. The lowest BCUT2D eigenvalue weighted by atomic mass is 9.74. The largest absolute Gasteiger partial charge is 0.462 e. The molecule has 3 nitrogen and oxygen atoms in total. The summed E-state index contributed by atoms with van der Waals surface area (Å²) in [6, 6.07) is 0. The van der Waals surface area contributed by atoms with Crippen LogP contribution in [0.25, 0.3) is 0 Å². The molecule has 4 unspecified atom stereocenters. The molecule has 1 N–H and O–H groups in total. The maximum Gasteiger partial charge on any atom is 0.426 e. The Bertz CT molecular complexity index is 456. The van der Waals surface area contributed by atoms with Crippen LogP contribution in [0.2, 0.25) is 0 Å². The van der Waals surface area contributed by atoms with Gasteiger partial charge in [-0.15, -0.1) is 0 Å². The lowest BCUT2D eigenvalue weighted by Crippen LogP contribution is -2.63. The molecule has 0 heterocycles. The van der Waals surface area contributed by atoms with Crippen LogP contribution in [0.5, 0.6) is 0 Å². The number of carbonyl (C=O) groups excluding carboxylic acids is 1. The Balaban J connectivity index is 2.16. The molecule has 0 aromatic rings. The van der Waals surface area contributed by atoms with Gasteiger partial charge < -0.3 is 9.84 Å². The molecule has 134 valence electrons. The number of hydrogen-bond donors (Lipinski definition) is 1. The van der Waals surface area contributed by atoms with Gasteiger partial charge in [0.05, 0.1) is 5.92 Å². The molecule has 2 fully saturated rings. The SMILES string of the molecule is CC(C)C(=O)OC1CC2CC1CC2C(O)(C(F)(F)F)C(F)(F)F. The monoisotopic (exact) mass is 348 g/mol. The van der Waals surface area contributed by atoms with E-state index in [-0.39, 0.29) is 12.8 Å². The first-order chi connectivity index (χ1) is 10.3. The van der Waals surface area contributed by atoms with Crippen LogP contribution in [-0.4, -0.2) is 35.1 Å². The molecule has 0 radical (unpaired) electrons. The minimum Gasteiger partial charge on any atom is -0.462 e. The van der Waals surface area contributed by atoms with Crippen molar-refractivity contribution in [3.8, 4) is 0 Å². The van der Waals surface area contributed by atoms with E-state index >= 15 is 0 Å². The molecule has 0 aromatic heterocycles. The zero-order valence-electron chi connectivity index (χ0n) is 12.5. The molecule has 2 saturated carbocycles. The summed E-state index contributed by atoms with van der Waals surface area (Å²) in [6.07, 6.45) is -12.7. The summed E-state index contributed by atoms with van der Waals surface area (Å²) < 4.78 is 82.8. The average molecular weight is 348 g/mol. The van der Waals surface area contributed by atoms with Crippen LogP contribution in [0, 0.1) is 23.7 Å². The van der Waals surface area contributed by atoms with Crippen molar-refractivity contribution >= 4 is 5.97 Å². The number of esters is 1. The van der Waals surface area contributed by atoms with Gasteiger partial charge in [-0.2, -0.15) is 26.3 Å². The second-order valence-corrected chi connectivity index (χ2v) is 6.73. The number of rotatable bonds is 3. The maximum atomic E-state index is 12.9. The van der Waals surface area contributed by atoms with Crippen LogP contribution in [0.15, 0.2) is 0 Å². The van der Waals surface area contributed by atoms with Crippen LogP contribution in [0.1, 0.15) is 33.1 Å². The summed E-state index contributed by atoms with van der Waals surface area (Å²) in [5, 5.41) is 9.50. The summed E-state index contributed by atoms with van der Waals surface area (Å²) in [5.41, 5.74) is -4.72. The van der Waals surface area contributed by atoms with Gasteiger partial charge in [0, 0.05) is 5.92 Å². The Morgan fingerprint density at radius 1 is 1.00 bits per heavy atom. The van der Waals surface area contributed by atoms with Crippen LogP contribution in [-0.2, 0) is 9.53 Å². The zero-order chi connectivity index (χ0) is 17.8. The van der Waals surface area contributed by atoms with Gasteiger partial charge in [0.15, 0.2) is 0 Å². The van der Waals surface area contributed by atoms with Crippen molar-refractivity contribution < 1.29 is 41.0 Å². The average Bonchev–Trinajstić information content (AvgIpc) is 2.94. The Morgan fingerprint density at radius 2 is 1.52 bits per heavy atom. The first-order valence-corrected chi connectivity index (χ1v) is 7.35. The van der Waals surface area contributed by atoms with Gasteiger partial charge in [0.2, 0.25) is 0 Å². The maximum absolute atomic E-state index is 12.9. The quantitative estimate of drug-likeness (QED) is 0.628. The highest BCUT2D eigenvalue weighted by molar-refractivity contribution is 5.71. The highest BCUT2D eigenvalue weighted by Gasteiger charge is 2.76. The highest BCUT2D eigenvalue weighted by atomic mass is 19.4. The van der Waals surface area contributed by atoms with Crippen LogP contribution >= 0.6 is 0 Å². The van der Waals surface area contributed by atoms with Crippen molar-refractivity contribution in [1.29, 1.82) is 0 Å². The fraction of sp³-hybridized carbons (Fsp3) is 0.929. The summed E-state index contributed by atoms with van der Waals surface area (Å²) in [4.78, 5) is 11.5. The molecule has 2 aliphatic rings. The molecule has 9 heteroatoms. The fourth-order valence-corrected chi connectivity index (χ4v) is 3.75. The lowest BCUT2D eigenvalue weighted by molar-refractivity contribution is -0.389. The molecule has 2 rings (SSSR count). The van der Waals surface area contributed by atoms with Crippen molar-refractivity contribution in [3.05, 3.63) is 0 Å². The third kappa shape index (κ3) is 2.92. The van der Waals surface area contributed by atoms with E-state index in [1.54, 1.807) is 13.8 Å². The van der Waals surface area contributed by atoms with E-state index in [0.717, 1.165) is 0 Å². The first kappa shape index (κ1) is 18.4. The summed E-state index contributed by atoms with van der Waals surface area (Å²) in [6.45, 7) is 3.18. The van der Waals surface area contributed by atoms with E-state index in [4.69, 9.17) is 4.74 Å².